The van der Waals surface area contributed by atoms with E-state index in [0.717, 1.165) is 24.0 Å². The molecule has 0 fully saturated rings. The van der Waals surface area contributed by atoms with Crippen molar-refractivity contribution in [2.24, 2.45) is 5.73 Å². The summed E-state index contributed by atoms with van der Waals surface area (Å²) in [5.41, 5.74) is 7.62. The van der Waals surface area contributed by atoms with Gasteiger partial charge in [0.05, 0.1) is 5.41 Å². The van der Waals surface area contributed by atoms with Crippen molar-refractivity contribution in [2.75, 3.05) is 0 Å². The van der Waals surface area contributed by atoms with Crippen LogP contribution in [0.15, 0.2) is 91.0 Å². The molecule has 30 heavy (non-hydrogen) atoms. The van der Waals surface area contributed by atoms with Gasteiger partial charge in [-0.3, -0.25) is 9.59 Å². The SMILES string of the molecule is CC(C(=O)N[C@H](CCCc1ccccc1)C(N)=O)(c1ccccc1)c1ccccc1. The minimum absolute atomic E-state index is 0.233. The van der Waals surface area contributed by atoms with E-state index in [4.69, 9.17) is 5.73 Å². The average Bonchev–Trinajstić information content (AvgIpc) is 2.79. The van der Waals surface area contributed by atoms with E-state index in [-0.39, 0.29) is 5.91 Å². The number of carbonyl (C=O) groups is 2. The standard InChI is InChI=1S/C26H28N2O2/c1-26(21-15-7-3-8-16-21,22-17-9-4-10-18-22)25(30)28-23(24(27)29)19-11-14-20-12-5-2-6-13-20/h2-10,12-13,15-18,23H,11,14,19H2,1H3,(H2,27,29)(H,28,30)/t23-/m1/s1. The quantitative estimate of drug-likeness (QED) is 0.570. The number of primary amides is 1. The zero-order valence-electron chi connectivity index (χ0n) is 17.3. The normalized spacial score (nSPS) is 12.2. The number of nitrogens with two attached hydrogens (primary N) is 1. The second-order valence-electron chi connectivity index (χ2n) is 7.66. The molecular formula is C26H28N2O2. The largest absolute Gasteiger partial charge is 0.368 e. The molecule has 3 N–H and O–H groups in total. The first kappa shape index (κ1) is 21.3. The molecule has 2 amide bonds. The third-order valence-electron chi connectivity index (χ3n) is 5.61. The zero-order chi connectivity index (χ0) is 21.4. The molecule has 4 nitrogen and oxygen atoms in total. The summed E-state index contributed by atoms with van der Waals surface area (Å²) in [5.74, 6) is -0.747. The number of carbonyl (C=O) groups excluding carboxylic acids is 2. The van der Waals surface area contributed by atoms with E-state index >= 15 is 0 Å². The predicted octanol–water partition coefficient (Wildman–Crippen LogP) is 3.99. The lowest BCUT2D eigenvalue weighted by atomic mass is 9.75. The minimum atomic E-state index is -0.935. The zero-order valence-corrected chi connectivity index (χ0v) is 17.3. The van der Waals surface area contributed by atoms with Gasteiger partial charge >= 0.3 is 0 Å². The van der Waals surface area contributed by atoms with Gasteiger partial charge in [-0.15, -0.1) is 0 Å². The summed E-state index contributed by atoms with van der Waals surface area (Å²) in [6.45, 7) is 1.88. The second kappa shape index (κ2) is 9.88. The fraction of sp³-hybridized carbons (Fsp3) is 0.231. The van der Waals surface area contributed by atoms with Crippen LogP contribution in [0.25, 0.3) is 0 Å². The van der Waals surface area contributed by atoms with Gasteiger partial charge in [0.2, 0.25) is 11.8 Å². The summed E-state index contributed by atoms with van der Waals surface area (Å²) in [6.07, 6.45) is 2.08. The van der Waals surface area contributed by atoms with Gasteiger partial charge in [0.1, 0.15) is 6.04 Å². The fourth-order valence-corrected chi connectivity index (χ4v) is 3.71. The van der Waals surface area contributed by atoms with Crippen LogP contribution in [0.2, 0.25) is 0 Å². The number of rotatable bonds is 9. The molecule has 154 valence electrons. The van der Waals surface area contributed by atoms with Gasteiger partial charge in [-0.1, -0.05) is 91.0 Å². The molecule has 3 aromatic carbocycles. The fourth-order valence-electron chi connectivity index (χ4n) is 3.71. The van der Waals surface area contributed by atoms with Crippen molar-refractivity contribution < 1.29 is 9.59 Å². The van der Waals surface area contributed by atoms with Crippen LogP contribution in [0.1, 0.15) is 36.5 Å². The van der Waals surface area contributed by atoms with Crippen molar-refractivity contribution in [3.63, 3.8) is 0 Å². The first-order valence-corrected chi connectivity index (χ1v) is 10.3. The Hall–Kier alpha value is -3.40. The van der Waals surface area contributed by atoms with E-state index < -0.39 is 17.4 Å². The molecule has 4 heteroatoms. The maximum Gasteiger partial charge on any atom is 0.240 e. The van der Waals surface area contributed by atoms with Gasteiger partial charge in [0.15, 0.2) is 0 Å². The number of amides is 2. The molecule has 0 saturated carbocycles. The predicted molar refractivity (Wildman–Crippen MR) is 120 cm³/mol. The Labute approximate surface area is 178 Å². The van der Waals surface area contributed by atoms with Gasteiger partial charge in [0, 0.05) is 0 Å². The molecule has 0 aliphatic heterocycles. The molecule has 1 atom stereocenters. The lowest BCUT2D eigenvalue weighted by Crippen LogP contribution is -2.51. The number of hydrogen-bond acceptors (Lipinski definition) is 2. The van der Waals surface area contributed by atoms with Crippen molar-refractivity contribution in [2.45, 2.75) is 37.6 Å². The Morgan fingerprint density at radius 3 is 1.77 bits per heavy atom. The highest BCUT2D eigenvalue weighted by Gasteiger charge is 2.38. The Bertz CT molecular complexity index is 917. The monoisotopic (exact) mass is 400 g/mol. The van der Waals surface area contributed by atoms with Crippen LogP contribution in [-0.4, -0.2) is 17.9 Å². The van der Waals surface area contributed by atoms with Crippen molar-refractivity contribution >= 4 is 11.8 Å². The molecule has 0 radical (unpaired) electrons. The molecule has 0 aromatic heterocycles. The Morgan fingerprint density at radius 1 is 0.833 bits per heavy atom. The third-order valence-corrected chi connectivity index (χ3v) is 5.61. The second-order valence-corrected chi connectivity index (χ2v) is 7.66. The highest BCUT2D eigenvalue weighted by molar-refractivity contribution is 5.95. The molecule has 0 aliphatic carbocycles. The topological polar surface area (TPSA) is 72.2 Å². The van der Waals surface area contributed by atoms with Crippen LogP contribution in [0.4, 0.5) is 0 Å². The first-order valence-electron chi connectivity index (χ1n) is 10.3. The van der Waals surface area contributed by atoms with Crippen LogP contribution in [0.3, 0.4) is 0 Å². The Morgan fingerprint density at radius 2 is 1.30 bits per heavy atom. The first-order chi connectivity index (χ1) is 14.5. The van der Waals surface area contributed by atoms with Crippen molar-refractivity contribution in [3.05, 3.63) is 108 Å². The van der Waals surface area contributed by atoms with Gasteiger partial charge in [-0.25, -0.2) is 0 Å². The molecule has 0 heterocycles. The van der Waals surface area contributed by atoms with Gasteiger partial charge in [-0.05, 0) is 42.9 Å². The minimum Gasteiger partial charge on any atom is -0.368 e. The molecule has 0 bridgehead atoms. The molecule has 0 spiro atoms. The van der Waals surface area contributed by atoms with Crippen molar-refractivity contribution in [3.8, 4) is 0 Å². The summed E-state index contributed by atoms with van der Waals surface area (Å²) >= 11 is 0. The summed E-state index contributed by atoms with van der Waals surface area (Å²) < 4.78 is 0. The number of benzene rings is 3. The van der Waals surface area contributed by atoms with E-state index in [1.807, 2.05) is 85.8 Å². The molecule has 3 aromatic rings. The molecular weight excluding hydrogens is 372 g/mol. The highest BCUT2D eigenvalue weighted by atomic mass is 16.2. The van der Waals surface area contributed by atoms with Crippen LogP contribution in [-0.2, 0) is 21.4 Å². The molecule has 0 aliphatic rings. The number of nitrogens with one attached hydrogen (secondary N) is 1. The smallest absolute Gasteiger partial charge is 0.240 e. The van der Waals surface area contributed by atoms with Crippen LogP contribution >= 0.6 is 0 Å². The number of hydrogen-bond donors (Lipinski definition) is 2. The van der Waals surface area contributed by atoms with E-state index in [2.05, 4.69) is 17.4 Å². The summed E-state index contributed by atoms with van der Waals surface area (Å²) in [6, 6.07) is 28.6. The van der Waals surface area contributed by atoms with Crippen molar-refractivity contribution in [1.29, 1.82) is 0 Å². The van der Waals surface area contributed by atoms with Gasteiger partial charge in [-0.2, -0.15) is 0 Å². The van der Waals surface area contributed by atoms with Crippen LogP contribution in [0.5, 0.6) is 0 Å². The van der Waals surface area contributed by atoms with Crippen LogP contribution < -0.4 is 11.1 Å². The van der Waals surface area contributed by atoms with E-state index in [1.54, 1.807) is 0 Å². The maximum absolute atomic E-state index is 13.5. The van der Waals surface area contributed by atoms with Crippen LogP contribution in [0, 0.1) is 0 Å². The average molecular weight is 401 g/mol. The van der Waals surface area contributed by atoms with E-state index in [9.17, 15) is 9.59 Å². The lowest BCUT2D eigenvalue weighted by molar-refractivity contribution is -0.130. The summed E-state index contributed by atoms with van der Waals surface area (Å²) in [5, 5.41) is 2.93. The van der Waals surface area contributed by atoms with Gasteiger partial charge in [0.25, 0.3) is 0 Å². The Balaban J connectivity index is 1.78. The Kier molecular flexibility index (Phi) is 7.02. The molecule has 3 rings (SSSR count). The highest BCUT2D eigenvalue weighted by Crippen LogP contribution is 2.32. The summed E-state index contributed by atoms with van der Waals surface area (Å²) in [7, 11) is 0. The maximum atomic E-state index is 13.5. The number of aryl methyl sites for hydroxylation is 1. The lowest BCUT2D eigenvalue weighted by Gasteiger charge is -2.31. The molecule has 0 saturated heterocycles. The molecule has 0 unspecified atom stereocenters. The van der Waals surface area contributed by atoms with E-state index in [0.29, 0.717) is 6.42 Å². The van der Waals surface area contributed by atoms with Crippen molar-refractivity contribution in [1.82, 2.24) is 5.32 Å². The van der Waals surface area contributed by atoms with E-state index in [1.165, 1.54) is 5.56 Å². The summed E-state index contributed by atoms with van der Waals surface area (Å²) in [4.78, 5) is 25.6. The van der Waals surface area contributed by atoms with Gasteiger partial charge < -0.3 is 11.1 Å². The third kappa shape index (κ3) is 4.95.